The molecule has 0 amide bonds. The predicted octanol–water partition coefficient (Wildman–Crippen LogP) is 6.69. The third-order valence-corrected chi connectivity index (χ3v) is 12.3. The van der Waals surface area contributed by atoms with Gasteiger partial charge in [0, 0.05) is 22.2 Å². The fourth-order valence-electron chi connectivity index (χ4n) is 4.45. The molecule has 1 aliphatic carbocycles. The van der Waals surface area contributed by atoms with Gasteiger partial charge in [-0.1, -0.05) is 87.3 Å². The molecule has 0 N–H and O–H groups in total. The maximum atomic E-state index is 10.3. The molecule has 5 heteroatoms. The molecular weight excluding hydrogens is 384 g/mol. The molecule has 0 heterocycles. The van der Waals surface area contributed by atoms with Crippen LogP contribution in [0.25, 0.3) is 5.70 Å². The topological polar surface area (TPSA) is 27.0 Å². The molecule has 0 radical (unpaired) electrons. The van der Waals surface area contributed by atoms with E-state index < -0.39 is 16.5 Å². The van der Waals surface area contributed by atoms with E-state index in [9.17, 15) is 5.26 Å². The SMILES string of the molecule is C[Si](C)(C)N(C1=C(C#N)C(c2ccccc2)c2ccc(Cl)cc21)[Si](C)(C)C. The molecular formula is C22H27ClN2Si2. The Bertz CT molecular complexity index is 918. The smallest absolute Gasteiger partial charge is 0.138 e. The number of nitriles is 1. The maximum absolute atomic E-state index is 10.3. The fourth-order valence-corrected chi connectivity index (χ4v) is 14.5. The molecule has 2 aromatic carbocycles. The van der Waals surface area contributed by atoms with Crippen molar-refractivity contribution in [2.45, 2.75) is 45.2 Å². The van der Waals surface area contributed by atoms with E-state index in [-0.39, 0.29) is 5.92 Å². The summed E-state index contributed by atoms with van der Waals surface area (Å²) in [4.78, 5) is 0. The lowest BCUT2D eigenvalue weighted by Crippen LogP contribution is -2.57. The van der Waals surface area contributed by atoms with Crippen LogP contribution in [0.1, 0.15) is 22.6 Å². The number of halogens is 1. The number of hydrogen-bond donors (Lipinski definition) is 0. The van der Waals surface area contributed by atoms with E-state index in [1.54, 1.807) is 0 Å². The lowest BCUT2D eigenvalue weighted by molar-refractivity contribution is 0.856. The molecule has 0 spiro atoms. The van der Waals surface area contributed by atoms with Gasteiger partial charge in [0.15, 0.2) is 0 Å². The van der Waals surface area contributed by atoms with Crippen molar-refractivity contribution < 1.29 is 0 Å². The van der Waals surface area contributed by atoms with Gasteiger partial charge in [-0.15, -0.1) is 0 Å². The molecule has 0 fully saturated rings. The first-order valence-electron chi connectivity index (χ1n) is 9.35. The fraction of sp³-hybridized carbons (Fsp3) is 0.318. The molecule has 0 saturated carbocycles. The summed E-state index contributed by atoms with van der Waals surface area (Å²) in [6.07, 6.45) is 0. The van der Waals surface area contributed by atoms with E-state index in [1.807, 2.05) is 24.3 Å². The summed E-state index contributed by atoms with van der Waals surface area (Å²) in [7, 11) is -3.44. The van der Waals surface area contributed by atoms with Gasteiger partial charge in [-0.3, -0.25) is 0 Å². The lowest BCUT2D eigenvalue weighted by Gasteiger charge is -2.47. The minimum Gasteiger partial charge on any atom is -0.423 e. The monoisotopic (exact) mass is 410 g/mol. The molecule has 0 aromatic heterocycles. The lowest BCUT2D eigenvalue weighted by atomic mass is 9.89. The van der Waals surface area contributed by atoms with Gasteiger partial charge in [-0.2, -0.15) is 5.26 Å². The highest BCUT2D eigenvalue weighted by Crippen LogP contribution is 2.49. The number of rotatable bonds is 4. The van der Waals surface area contributed by atoms with Gasteiger partial charge < -0.3 is 4.23 Å². The number of nitrogens with zero attached hydrogens (tertiary/aromatic N) is 2. The zero-order chi connectivity index (χ0) is 20.0. The summed E-state index contributed by atoms with van der Waals surface area (Å²) in [5.41, 5.74) is 5.49. The largest absolute Gasteiger partial charge is 0.423 e. The van der Waals surface area contributed by atoms with Crippen LogP contribution in [0.5, 0.6) is 0 Å². The van der Waals surface area contributed by atoms with Gasteiger partial charge in [0.05, 0.1) is 11.6 Å². The van der Waals surface area contributed by atoms with E-state index >= 15 is 0 Å². The second-order valence-corrected chi connectivity index (χ2v) is 19.6. The maximum Gasteiger partial charge on any atom is 0.138 e. The van der Waals surface area contributed by atoms with Gasteiger partial charge in [0.2, 0.25) is 0 Å². The van der Waals surface area contributed by atoms with Crippen LogP contribution < -0.4 is 0 Å². The van der Waals surface area contributed by atoms with E-state index in [4.69, 9.17) is 11.6 Å². The van der Waals surface area contributed by atoms with E-state index in [1.165, 1.54) is 11.1 Å². The number of hydrogen-bond acceptors (Lipinski definition) is 2. The van der Waals surface area contributed by atoms with Crippen molar-refractivity contribution in [3.8, 4) is 6.07 Å². The first-order chi connectivity index (χ1) is 12.6. The van der Waals surface area contributed by atoms with Crippen LogP contribution in [0.4, 0.5) is 0 Å². The molecule has 3 rings (SSSR count). The van der Waals surface area contributed by atoms with Crippen LogP contribution in [-0.2, 0) is 0 Å². The Morgan fingerprint density at radius 3 is 2.04 bits per heavy atom. The van der Waals surface area contributed by atoms with Gasteiger partial charge in [-0.05, 0) is 23.3 Å². The van der Waals surface area contributed by atoms with Crippen molar-refractivity contribution in [1.82, 2.24) is 4.23 Å². The Kier molecular flexibility index (Phi) is 5.15. The summed E-state index contributed by atoms with van der Waals surface area (Å²) in [6, 6.07) is 19.1. The van der Waals surface area contributed by atoms with Crippen LogP contribution in [0, 0.1) is 11.3 Å². The molecule has 0 bridgehead atoms. The third-order valence-electron chi connectivity index (χ3n) is 4.94. The first kappa shape index (κ1) is 19.9. The van der Waals surface area contributed by atoms with Gasteiger partial charge in [0.25, 0.3) is 0 Å². The van der Waals surface area contributed by atoms with Crippen molar-refractivity contribution >= 4 is 33.8 Å². The normalized spacial score (nSPS) is 16.9. The zero-order valence-electron chi connectivity index (χ0n) is 17.0. The Morgan fingerprint density at radius 1 is 0.926 bits per heavy atom. The minimum absolute atomic E-state index is 0.0198. The number of allylic oxidation sites excluding steroid dienone is 1. The van der Waals surface area contributed by atoms with Crippen molar-refractivity contribution in [2.75, 3.05) is 0 Å². The Balaban J connectivity index is 2.36. The molecule has 140 valence electrons. The summed E-state index contributed by atoms with van der Waals surface area (Å²) in [5.74, 6) is -0.0198. The van der Waals surface area contributed by atoms with Crippen LogP contribution in [-0.4, -0.2) is 20.7 Å². The van der Waals surface area contributed by atoms with Crippen LogP contribution >= 0.6 is 11.6 Å². The molecule has 2 nitrogen and oxygen atoms in total. The second kappa shape index (κ2) is 6.98. The summed E-state index contributed by atoms with van der Waals surface area (Å²) in [6.45, 7) is 14.2. The molecule has 2 aromatic rings. The highest BCUT2D eigenvalue weighted by Gasteiger charge is 2.43. The quantitative estimate of drug-likeness (QED) is 0.524. The molecule has 0 aliphatic heterocycles. The van der Waals surface area contributed by atoms with Gasteiger partial charge in [0.1, 0.15) is 16.5 Å². The van der Waals surface area contributed by atoms with E-state index in [2.05, 4.69) is 73.8 Å². The van der Waals surface area contributed by atoms with Gasteiger partial charge in [-0.25, -0.2) is 0 Å². The zero-order valence-corrected chi connectivity index (χ0v) is 19.7. The molecule has 0 saturated heterocycles. The molecule has 27 heavy (non-hydrogen) atoms. The highest BCUT2D eigenvalue weighted by molar-refractivity contribution is 6.91. The number of fused-ring (bicyclic) bond motifs is 1. The minimum atomic E-state index is -1.72. The average Bonchev–Trinajstić information content (AvgIpc) is 2.86. The Hall–Kier alpha value is -1.81. The van der Waals surface area contributed by atoms with Crippen molar-refractivity contribution in [3.05, 3.63) is 75.8 Å². The molecule has 1 unspecified atom stereocenters. The second-order valence-electron chi connectivity index (χ2n) is 9.13. The van der Waals surface area contributed by atoms with E-state index in [0.29, 0.717) is 0 Å². The van der Waals surface area contributed by atoms with Crippen LogP contribution in [0.3, 0.4) is 0 Å². The summed E-state index contributed by atoms with van der Waals surface area (Å²) < 4.78 is 2.65. The van der Waals surface area contributed by atoms with Crippen molar-refractivity contribution in [3.63, 3.8) is 0 Å². The Labute approximate surface area is 170 Å². The van der Waals surface area contributed by atoms with Crippen LogP contribution in [0.15, 0.2) is 54.1 Å². The summed E-state index contributed by atoms with van der Waals surface area (Å²) >= 11 is 6.41. The molecule has 1 atom stereocenters. The van der Waals surface area contributed by atoms with Gasteiger partial charge >= 0.3 is 0 Å². The summed E-state index contributed by atoms with van der Waals surface area (Å²) in [5, 5.41) is 11.0. The standard InChI is InChI=1S/C22H27ClN2Si2/c1-26(2,3)25(27(4,5)6)22-19-14-17(23)12-13-18(19)21(20(22)15-24)16-10-8-7-9-11-16/h7-14,21H,1-6H3. The molecule has 1 aliphatic rings. The third kappa shape index (κ3) is 3.64. The first-order valence-corrected chi connectivity index (χ1v) is 16.6. The average molecular weight is 411 g/mol. The highest BCUT2D eigenvalue weighted by atomic mass is 35.5. The number of benzene rings is 2. The van der Waals surface area contributed by atoms with Crippen molar-refractivity contribution in [1.29, 1.82) is 5.26 Å². The van der Waals surface area contributed by atoms with E-state index in [0.717, 1.165) is 21.9 Å². The van der Waals surface area contributed by atoms with Crippen LogP contribution in [0.2, 0.25) is 44.3 Å². The predicted molar refractivity (Wildman–Crippen MR) is 121 cm³/mol. The van der Waals surface area contributed by atoms with Crippen molar-refractivity contribution in [2.24, 2.45) is 0 Å². The Morgan fingerprint density at radius 2 is 1.52 bits per heavy atom.